The summed E-state index contributed by atoms with van der Waals surface area (Å²) in [7, 11) is 0. The van der Waals surface area contributed by atoms with Crippen molar-refractivity contribution < 1.29 is 14.3 Å². The van der Waals surface area contributed by atoms with Crippen LogP contribution in [0, 0.1) is 13.8 Å². The standard InChI is InChI=1S/C30H36N2O3/c1-22-16-17-26(18-23(22)2)35-21-28(33)32(20-25-14-10-7-11-15-25)27(29(34)31-30(3,4)5)19-24-12-8-6-9-13-24/h6-18,27H,19-21H2,1-5H3,(H,31,34)/t27-/m1/s1. The SMILES string of the molecule is Cc1ccc(OCC(=O)N(Cc2ccccc2)[C@H](Cc2ccccc2)C(=O)NC(C)(C)C)cc1C. The number of ether oxygens (including phenoxy) is 1. The first-order valence-electron chi connectivity index (χ1n) is 12.0. The molecule has 0 aliphatic rings. The number of hydrogen-bond donors (Lipinski definition) is 1. The van der Waals surface area contributed by atoms with Crippen molar-refractivity contribution in [3.8, 4) is 5.75 Å². The quantitative estimate of drug-likeness (QED) is 0.464. The molecule has 0 aromatic heterocycles. The topological polar surface area (TPSA) is 58.6 Å². The summed E-state index contributed by atoms with van der Waals surface area (Å²) in [5, 5.41) is 3.07. The van der Waals surface area contributed by atoms with Crippen molar-refractivity contribution in [3.05, 3.63) is 101 Å². The summed E-state index contributed by atoms with van der Waals surface area (Å²) in [6.07, 6.45) is 0.408. The summed E-state index contributed by atoms with van der Waals surface area (Å²) in [5.41, 5.74) is 3.78. The average molecular weight is 473 g/mol. The fraction of sp³-hybridized carbons (Fsp3) is 0.333. The Kier molecular flexibility index (Phi) is 8.69. The number of aryl methyl sites for hydroxylation is 2. The van der Waals surface area contributed by atoms with Gasteiger partial charge in [-0.3, -0.25) is 9.59 Å². The Morgan fingerprint density at radius 1 is 0.857 bits per heavy atom. The van der Waals surface area contributed by atoms with Crippen molar-refractivity contribution >= 4 is 11.8 Å². The maximum atomic E-state index is 13.6. The van der Waals surface area contributed by atoms with E-state index in [0.717, 1.165) is 22.3 Å². The van der Waals surface area contributed by atoms with Gasteiger partial charge in [0.05, 0.1) is 0 Å². The molecule has 3 aromatic rings. The van der Waals surface area contributed by atoms with Crippen LogP contribution < -0.4 is 10.1 Å². The van der Waals surface area contributed by atoms with E-state index < -0.39 is 11.6 Å². The van der Waals surface area contributed by atoms with Crippen LogP contribution >= 0.6 is 0 Å². The molecule has 35 heavy (non-hydrogen) atoms. The third-order valence-corrected chi connectivity index (χ3v) is 5.81. The van der Waals surface area contributed by atoms with E-state index >= 15 is 0 Å². The van der Waals surface area contributed by atoms with Crippen molar-refractivity contribution in [2.24, 2.45) is 0 Å². The molecule has 184 valence electrons. The van der Waals surface area contributed by atoms with E-state index in [1.807, 2.05) is 113 Å². The Bertz CT molecular complexity index is 1120. The molecule has 0 bridgehead atoms. The van der Waals surface area contributed by atoms with Gasteiger partial charge in [-0.05, 0) is 69.0 Å². The summed E-state index contributed by atoms with van der Waals surface area (Å²) in [6.45, 7) is 10.0. The lowest BCUT2D eigenvalue weighted by Crippen LogP contribution is -2.55. The molecule has 0 spiro atoms. The molecule has 0 radical (unpaired) electrons. The van der Waals surface area contributed by atoms with Crippen LogP contribution in [0.3, 0.4) is 0 Å². The van der Waals surface area contributed by atoms with Gasteiger partial charge in [0.25, 0.3) is 5.91 Å². The van der Waals surface area contributed by atoms with Crippen LogP contribution in [0.5, 0.6) is 5.75 Å². The maximum Gasteiger partial charge on any atom is 0.261 e. The van der Waals surface area contributed by atoms with Gasteiger partial charge in [0.2, 0.25) is 5.91 Å². The molecule has 1 N–H and O–H groups in total. The van der Waals surface area contributed by atoms with Crippen LogP contribution in [0.25, 0.3) is 0 Å². The summed E-state index contributed by atoms with van der Waals surface area (Å²) >= 11 is 0. The Hall–Kier alpha value is -3.60. The second kappa shape index (κ2) is 11.7. The summed E-state index contributed by atoms with van der Waals surface area (Å²) < 4.78 is 5.88. The van der Waals surface area contributed by atoms with Gasteiger partial charge in [0.1, 0.15) is 11.8 Å². The van der Waals surface area contributed by atoms with Crippen LogP contribution in [0.2, 0.25) is 0 Å². The molecular weight excluding hydrogens is 436 g/mol. The molecule has 0 fully saturated rings. The van der Waals surface area contributed by atoms with E-state index in [1.54, 1.807) is 4.90 Å². The Morgan fingerprint density at radius 2 is 1.46 bits per heavy atom. The highest BCUT2D eigenvalue weighted by Crippen LogP contribution is 2.19. The molecule has 0 unspecified atom stereocenters. The van der Waals surface area contributed by atoms with E-state index in [0.29, 0.717) is 18.7 Å². The van der Waals surface area contributed by atoms with Crippen molar-refractivity contribution in [2.45, 2.75) is 59.2 Å². The Morgan fingerprint density at radius 3 is 2.03 bits per heavy atom. The third kappa shape index (κ3) is 7.99. The number of benzene rings is 3. The van der Waals surface area contributed by atoms with E-state index in [-0.39, 0.29) is 18.4 Å². The minimum absolute atomic E-state index is 0.149. The van der Waals surface area contributed by atoms with E-state index in [1.165, 1.54) is 0 Å². The fourth-order valence-corrected chi connectivity index (χ4v) is 3.82. The molecule has 0 aliphatic heterocycles. The fourth-order valence-electron chi connectivity index (χ4n) is 3.82. The number of carbonyl (C=O) groups excluding carboxylic acids is 2. The first kappa shape index (κ1) is 26.0. The predicted octanol–water partition coefficient (Wildman–Crippen LogP) is 5.24. The summed E-state index contributed by atoms with van der Waals surface area (Å²) in [5.74, 6) is 0.216. The van der Waals surface area contributed by atoms with Crippen LogP contribution in [0.4, 0.5) is 0 Å². The molecule has 0 heterocycles. The van der Waals surface area contributed by atoms with E-state index in [2.05, 4.69) is 5.32 Å². The number of hydrogen-bond acceptors (Lipinski definition) is 3. The van der Waals surface area contributed by atoms with Crippen molar-refractivity contribution in [1.29, 1.82) is 0 Å². The first-order chi connectivity index (χ1) is 16.6. The summed E-state index contributed by atoms with van der Waals surface area (Å²) in [4.78, 5) is 28.7. The summed E-state index contributed by atoms with van der Waals surface area (Å²) in [6, 6.07) is 24.6. The largest absolute Gasteiger partial charge is 0.484 e. The number of carbonyl (C=O) groups is 2. The molecular formula is C30H36N2O3. The molecule has 0 saturated heterocycles. The Labute approximate surface area is 209 Å². The monoisotopic (exact) mass is 472 g/mol. The third-order valence-electron chi connectivity index (χ3n) is 5.81. The number of amides is 2. The average Bonchev–Trinajstić information content (AvgIpc) is 2.82. The number of nitrogens with one attached hydrogen (secondary N) is 1. The second-order valence-corrected chi connectivity index (χ2v) is 9.99. The van der Waals surface area contributed by atoms with Crippen LogP contribution in [0.15, 0.2) is 78.9 Å². The lowest BCUT2D eigenvalue weighted by molar-refractivity contribution is -0.143. The van der Waals surface area contributed by atoms with E-state index in [4.69, 9.17) is 4.74 Å². The molecule has 3 aromatic carbocycles. The highest BCUT2D eigenvalue weighted by atomic mass is 16.5. The van der Waals surface area contributed by atoms with Gasteiger partial charge < -0.3 is 15.0 Å². The van der Waals surface area contributed by atoms with Crippen molar-refractivity contribution in [1.82, 2.24) is 10.2 Å². The number of nitrogens with zero attached hydrogens (tertiary/aromatic N) is 1. The smallest absolute Gasteiger partial charge is 0.261 e. The van der Waals surface area contributed by atoms with Crippen LogP contribution in [0.1, 0.15) is 43.0 Å². The molecule has 0 saturated carbocycles. The van der Waals surface area contributed by atoms with Crippen molar-refractivity contribution in [3.63, 3.8) is 0 Å². The minimum Gasteiger partial charge on any atom is -0.484 e. The van der Waals surface area contributed by atoms with Gasteiger partial charge in [-0.1, -0.05) is 66.7 Å². The minimum atomic E-state index is -0.687. The van der Waals surface area contributed by atoms with Gasteiger partial charge in [0.15, 0.2) is 6.61 Å². The highest BCUT2D eigenvalue weighted by molar-refractivity contribution is 5.89. The molecule has 3 rings (SSSR count). The lowest BCUT2D eigenvalue weighted by atomic mass is 10.0. The number of rotatable bonds is 9. The zero-order valence-electron chi connectivity index (χ0n) is 21.4. The molecule has 1 atom stereocenters. The van der Waals surface area contributed by atoms with Gasteiger partial charge in [-0.25, -0.2) is 0 Å². The molecule has 0 aliphatic carbocycles. The zero-order valence-corrected chi connectivity index (χ0v) is 21.4. The Balaban J connectivity index is 1.90. The van der Waals surface area contributed by atoms with Gasteiger partial charge in [0, 0.05) is 18.5 Å². The highest BCUT2D eigenvalue weighted by Gasteiger charge is 2.32. The van der Waals surface area contributed by atoms with Gasteiger partial charge in [-0.15, -0.1) is 0 Å². The maximum absolute atomic E-state index is 13.6. The van der Waals surface area contributed by atoms with Crippen molar-refractivity contribution in [2.75, 3.05) is 6.61 Å². The van der Waals surface area contributed by atoms with Crippen LogP contribution in [-0.2, 0) is 22.6 Å². The van der Waals surface area contributed by atoms with E-state index in [9.17, 15) is 9.59 Å². The normalized spacial score (nSPS) is 12.0. The van der Waals surface area contributed by atoms with Crippen LogP contribution in [-0.4, -0.2) is 34.9 Å². The lowest BCUT2D eigenvalue weighted by Gasteiger charge is -2.33. The molecule has 2 amide bonds. The molecule has 5 heteroatoms. The zero-order chi connectivity index (χ0) is 25.4. The van der Waals surface area contributed by atoms with Gasteiger partial charge >= 0.3 is 0 Å². The molecule has 5 nitrogen and oxygen atoms in total. The second-order valence-electron chi connectivity index (χ2n) is 9.99. The first-order valence-corrected chi connectivity index (χ1v) is 12.0. The predicted molar refractivity (Wildman–Crippen MR) is 140 cm³/mol. The van der Waals surface area contributed by atoms with Gasteiger partial charge in [-0.2, -0.15) is 0 Å².